The van der Waals surface area contributed by atoms with Crippen molar-refractivity contribution in [2.75, 3.05) is 13.6 Å². The van der Waals surface area contributed by atoms with E-state index < -0.39 is 0 Å². The van der Waals surface area contributed by atoms with Crippen molar-refractivity contribution < 1.29 is 4.79 Å². The number of nitrogens with zero attached hydrogens (tertiary/aromatic N) is 2. The van der Waals surface area contributed by atoms with Gasteiger partial charge in [0.2, 0.25) is 5.91 Å². The summed E-state index contributed by atoms with van der Waals surface area (Å²) in [7, 11) is 3.54. The molecule has 0 saturated carbocycles. The number of amides is 1. The van der Waals surface area contributed by atoms with Crippen molar-refractivity contribution in [1.29, 1.82) is 0 Å². The van der Waals surface area contributed by atoms with E-state index in [0.29, 0.717) is 13.0 Å². The van der Waals surface area contributed by atoms with Crippen LogP contribution >= 0.6 is 0 Å². The largest absolute Gasteiger partial charge is 0.359 e. The predicted octanol–water partition coefficient (Wildman–Crippen LogP) is 0.207. The second kappa shape index (κ2) is 5.50. The monoisotopic (exact) mass is 210 g/mol. The Labute approximate surface area is 89.9 Å². The van der Waals surface area contributed by atoms with E-state index in [1.165, 1.54) is 0 Å². The van der Waals surface area contributed by atoms with Gasteiger partial charge in [-0.2, -0.15) is 5.10 Å². The van der Waals surface area contributed by atoms with Crippen LogP contribution in [0, 0.1) is 0 Å². The first-order chi connectivity index (χ1) is 7.13. The molecule has 0 aromatic carbocycles. The lowest BCUT2D eigenvalue weighted by Gasteiger charge is -2.10. The van der Waals surface area contributed by atoms with Crippen molar-refractivity contribution in [1.82, 2.24) is 20.4 Å². The number of hydrogen-bond donors (Lipinski definition) is 2. The highest BCUT2D eigenvalue weighted by Gasteiger charge is 2.06. The van der Waals surface area contributed by atoms with Gasteiger partial charge in [0.1, 0.15) is 0 Å². The van der Waals surface area contributed by atoms with E-state index in [4.69, 9.17) is 0 Å². The summed E-state index contributed by atoms with van der Waals surface area (Å²) in [6.45, 7) is 2.73. The lowest BCUT2D eigenvalue weighted by Crippen LogP contribution is -2.26. The highest BCUT2D eigenvalue weighted by molar-refractivity contribution is 5.75. The summed E-state index contributed by atoms with van der Waals surface area (Å²) < 4.78 is 1.77. The molecule has 1 aromatic heterocycles. The lowest BCUT2D eigenvalue weighted by atomic mass is 10.2. The van der Waals surface area contributed by atoms with Crippen molar-refractivity contribution in [2.24, 2.45) is 7.05 Å². The molecule has 15 heavy (non-hydrogen) atoms. The summed E-state index contributed by atoms with van der Waals surface area (Å²) in [5.41, 5.74) is 1.13. The first kappa shape index (κ1) is 11.7. The molecule has 0 fully saturated rings. The molecule has 0 aliphatic rings. The van der Waals surface area contributed by atoms with E-state index >= 15 is 0 Å². The standard InChI is InChI=1S/C10H18N4O/c1-8(9-6-13-14(3)7-9)12-5-4-10(15)11-2/h6-8,12H,4-5H2,1-3H3,(H,11,15). The molecule has 0 aliphatic carbocycles. The average Bonchev–Trinajstić information content (AvgIpc) is 2.64. The SMILES string of the molecule is CNC(=O)CCNC(C)c1cnn(C)c1. The highest BCUT2D eigenvalue weighted by atomic mass is 16.1. The summed E-state index contributed by atoms with van der Waals surface area (Å²) in [6, 6.07) is 0.225. The zero-order chi connectivity index (χ0) is 11.3. The van der Waals surface area contributed by atoms with Gasteiger partial charge < -0.3 is 10.6 Å². The molecule has 1 heterocycles. The van der Waals surface area contributed by atoms with E-state index in [-0.39, 0.29) is 11.9 Å². The van der Waals surface area contributed by atoms with Gasteiger partial charge in [0.25, 0.3) is 0 Å². The summed E-state index contributed by atoms with van der Waals surface area (Å²) in [4.78, 5) is 11.0. The molecule has 0 aliphatic heterocycles. The molecule has 1 aromatic rings. The molecule has 1 atom stereocenters. The van der Waals surface area contributed by atoms with Crippen LogP contribution in [-0.2, 0) is 11.8 Å². The van der Waals surface area contributed by atoms with E-state index in [9.17, 15) is 4.79 Å². The molecule has 5 heteroatoms. The molecule has 1 unspecified atom stereocenters. The van der Waals surface area contributed by atoms with Crippen LogP contribution in [0.25, 0.3) is 0 Å². The van der Waals surface area contributed by atoms with E-state index in [1.807, 2.05) is 19.4 Å². The van der Waals surface area contributed by atoms with Gasteiger partial charge in [-0.25, -0.2) is 0 Å². The fourth-order valence-electron chi connectivity index (χ4n) is 1.31. The second-order valence-corrected chi connectivity index (χ2v) is 3.55. The molecule has 5 nitrogen and oxygen atoms in total. The molecule has 84 valence electrons. The zero-order valence-electron chi connectivity index (χ0n) is 9.45. The van der Waals surface area contributed by atoms with Crippen molar-refractivity contribution >= 4 is 5.91 Å². The maximum Gasteiger partial charge on any atom is 0.221 e. The molecule has 0 bridgehead atoms. The summed E-state index contributed by atoms with van der Waals surface area (Å²) in [5.74, 6) is 0.0564. The van der Waals surface area contributed by atoms with Crippen LogP contribution in [0.2, 0.25) is 0 Å². The quantitative estimate of drug-likeness (QED) is 0.730. The maximum atomic E-state index is 11.0. The Hall–Kier alpha value is -1.36. The normalized spacial score (nSPS) is 12.5. The first-order valence-corrected chi connectivity index (χ1v) is 5.06. The van der Waals surface area contributed by atoms with E-state index in [0.717, 1.165) is 5.56 Å². The topological polar surface area (TPSA) is 59.0 Å². The molecule has 1 rings (SSSR count). The van der Waals surface area contributed by atoms with Gasteiger partial charge in [-0.3, -0.25) is 9.48 Å². The summed E-state index contributed by atoms with van der Waals surface area (Å²) >= 11 is 0. The smallest absolute Gasteiger partial charge is 0.221 e. The second-order valence-electron chi connectivity index (χ2n) is 3.55. The van der Waals surface area contributed by atoms with Crippen LogP contribution < -0.4 is 10.6 Å². The molecule has 1 amide bonds. The summed E-state index contributed by atoms with van der Waals surface area (Å²) in [6.07, 6.45) is 4.30. The highest BCUT2D eigenvalue weighted by Crippen LogP contribution is 2.09. The maximum absolute atomic E-state index is 11.0. The Morgan fingerprint density at radius 3 is 2.93 bits per heavy atom. The Bertz CT molecular complexity index is 321. The third kappa shape index (κ3) is 3.71. The first-order valence-electron chi connectivity index (χ1n) is 5.06. The third-order valence-corrected chi connectivity index (χ3v) is 2.31. The molecule has 0 radical (unpaired) electrons. The minimum atomic E-state index is 0.0564. The van der Waals surface area contributed by atoms with Crippen molar-refractivity contribution in [3.05, 3.63) is 18.0 Å². The number of carbonyl (C=O) groups is 1. The van der Waals surface area contributed by atoms with Crippen molar-refractivity contribution in [2.45, 2.75) is 19.4 Å². The Kier molecular flexibility index (Phi) is 4.30. The fourth-order valence-corrected chi connectivity index (χ4v) is 1.31. The van der Waals surface area contributed by atoms with Crippen LogP contribution in [0.15, 0.2) is 12.4 Å². The van der Waals surface area contributed by atoms with Crippen molar-refractivity contribution in [3.8, 4) is 0 Å². The predicted molar refractivity (Wildman–Crippen MR) is 58.3 cm³/mol. The van der Waals surface area contributed by atoms with Crippen LogP contribution in [0.4, 0.5) is 0 Å². The number of hydrogen-bond acceptors (Lipinski definition) is 3. The molecular weight excluding hydrogens is 192 g/mol. The molecule has 0 saturated heterocycles. The van der Waals surface area contributed by atoms with Crippen LogP contribution in [0.5, 0.6) is 0 Å². The zero-order valence-corrected chi connectivity index (χ0v) is 9.45. The van der Waals surface area contributed by atoms with Gasteiger partial charge in [0, 0.05) is 44.9 Å². The van der Waals surface area contributed by atoms with Crippen LogP contribution in [0.1, 0.15) is 24.9 Å². The average molecular weight is 210 g/mol. The van der Waals surface area contributed by atoms with Gasteiger partial charge in [-0.05, 0) is 6.92 Å². The van der Waals surface area contributed by atoms with Gasteiger partial charge in [-0.1, -0.05) is 0 Å². The fraction of sp³-hybridized carbons (Fsp3) is 0.600. The summed E-state index contributed by atoms with van der Waals surface area (Å²) in [5, 5.41) is 9.94. The number of carbonyl (C=O) groups excluding carboxylic acids is 1. The van der Waals surface area contributed by atoms with Crippen molar-refractivity contribution in [3.63, 3.8) is 0 Å². The molecule has 0 spiro atoms. The third-order valence-electron chi connectivity index (χ3n) is 2.31. The van der Waals surface area contributed by atoms with Gasteiger partial charge in [0.05, 0.1) is 6.20 Å². The van der Waals surface area contributed by atoms with Gasteiger partial charge in [-0.15, -0.1) is 0 Å². The van der Waals surface area contributed by atoms with Crippen LogP contribution in [-0.4, -0.2) is 29.3 Å². The number of rotatable bonds is 5. The minimum Gasteiger partial charge on any atom is -0.359 e. The molecular formula is C10H18N4O. The Morgan fingerprint density at radius 2 is 2.40 bits per heavy atom. The Balaban J connectivity index is 2.30. The number of aromatic nitrogens is 2. The van der Waals surface area contributed by atoms with Crippen LogP contribution in [0.3, 0.4) is 0 Å². The van der Waals surface area contributed by atoms with E-state index in [2.05, 4.69) is 22.7 Å². The lowest BCUT2D eigenvalue weighted by molar-refractivity contribution is -0.120. The van der Waals surface area contributed by atoms with Gasteiger partial charge >= 0.3 is 0 Å². The number of nitrogens with one attached hydrogen (secondary N) is 2. The molecule has 2 N–H and O–H groups in total. The number of aryl methyl sites for hydroxylation is 1. The van der Waals surface area contributed by atoms with Gasteiger partial charge in [0.15, 0.2) is 0 Å². The minimum absolute atomic E-state index is 0.0564. The Morgan fingerprint density at radius 1 is 1.67 bits per heavy atom. The van der Waals surface area contributed by atoms with E-state index in [1.54, 1.807) is 11.7 Å².